The van der Waals surface area contributed by atoms with Gasteiger partial charge in [-0.2, -0.15) is 8.42 Å². The fourth-order valence-corrected chi connectivity index (χ4v) is 2.50. The minimum absolute atomic E-state index is 0.186. The van der Waals surface area contributed by atoms with Crippen LogP contribution in [0.1, 0.15) is 12.5 Å². The van der Waals surface area contributed by atoms with Crippen LogP contribution in [0.3, 0.4) is 0 Å². The van der Waals surface area contributed by atoms with E-state index in [1.54, 1.807) is 29.7 Å². The lowest BCUT2D eigenvalue weighted by atomic mass is 10.3. The van der Waals surface area contributed by atoms with Gasteiger partial charge in [0.05, 0.1) is 22.4 Å². The van der Waals surface area contributed by atoms with E-state index in [1.165, 1.54) is 12.1 Å². The maximum absolute atomic E-state index is 12.0. The van der Waals surface area contributed by atoms with Crippen molar-refractivity contribution in [1.82, 2.24) is 4.83 Å². The topological polar surface area (TPSA) is 62.4 Å². The molecule has 0 aliphatic carbocycles. The first kappa shape index (κ1) is 14.2. The van der Waals surface area contributed by atoms with E-state index in [4.69, 9.17) is 0 Å². The molecule has 2 rings (SSSR count). The van der Waals surface area contributed by atoms with Crippen LogP contribution >= 0.6 is 0 Å². The van der Waals surface area contributed by atoms with Crippen molar-refractivity contribution in [3.63, 3.8) is 0 Å². The Hall–Kier alpha value is -2.21. The zero-order valence-corrected chi connectivity index (χ0v) is 12.1. The normalized spacial score (nSPS) is 12.2. The molecule has 0 saturated heterocycles. The Labute approximate surface area is 118 Å². The predicted molar refractivity (Wildman–Crippen MR) is 76.6 cm³/mol. The quantitative estimate of drug-likeness (QED) is 0.402. The van der Waals surface area contributed by atoms with E-state index >= 15 is 0 Å². The van der Waals surface area contributed by atoms with E-state index in [1.807, 2.05) is 31.5 Å². The Morgan fingerprint density at radius 2 is 1.85 bits per heavy atom. The standard InChI is InChI=1S/C14H16N3O2S/c1-12-7-6-10-17(11-12)13(2)15-16-20(18,19)14-8-4-3-5-9-14/h3-11,16H,1-2H3/q+1/b15-13-. The highest BCUT2D eigenvalue weighted by molar-refractivity contribution is 7.89. The van der Waals surface area contributed by atoms with Crippen LogP contribution in [-0.2, 0) is 10.0 Å². The van der Waals surface area contributed by atoms with Gasteiger partial charge in [0.1, 0.15) is 0 Å². The molecule has 1 aromatic heterocycles. The SMILES string of the molecule is C/C(=N/NS(=O)(=O)c1ccccc1)[n+]1cccc(C)c1. The Morgan fingerprint density at radius 1 is 1.15 bits per heavy atom. The van der Waals surface area contributed by atoms with Gasteiger partial charge < -0.3 is 0 Å². The van der Waals surface area contributed by atoms with Crippen molar-refractivity contribution in [2.45, 2.75) is 18.7 Å². The number of rotatable bonds is 3. The van der Waals surface area contributed by atoms with Crippen LogP contribution < -0.4 is 9.40 Å². The van der Waals surface area contributed by atoms with Gasteiger partial charge in [-0.3, -0.25) is 0 Å². The first-order chi connectivity index (χ1) is 9.49. The fourth-order valence-electron chi connectivity index (χ4n) is 1.63. The van der Waals surface area contributed by atoms with E-state index in [9.17, 15) is 8.42 Å². The third kappa shape index (κ3) is 3.42. The summed E-state index contributed by atoms with van der Waals surface area (Å²) in [6.45, 7) is 3.69. The van der Waals surface area contributed by atoms with Crippen molar-refractivity contribution >= 4 is 15.9 Å². The van der Waals surface area contributed by atoms with Gasteiger partial charge in [-0.05, 0) is 30.7 Å². The third-order valence-electron chi connectivity index (χ3n) is 2.70. The molecule has 0 amide bonds. The molecule has 0 saturated carbocycles. The molecule has 0 atom stereocenters. The minimum atomic E-state index is -3.62. The van der Waals surface area contributed by atoms with E-state index in [-0.39, 0.29) is 4.90 Å². The average Bonchev–Trinajstić information content (AvgIpc) is 2.46. The highest BCUT2D eigenvalue weighted by atomic mass is 32.2. The smallest absolute Gasteiger partial charge is 0.205 e. The van der Waals surface area contributed by atoms with Crippen LogP contribution in [0, 0.1) is 6.92 Å². The number of nitrogens with one attached hydrogen (secondary N) is 1. The molecule has 0 bridgehead atoms. The number of benzene rings is 1. The highest BCUT2D eigenvalue weighted by Crippen LogP contribution is 2.06. The molecule has 1 aromatic carbocycles. The number of sulfonamides is 1. The van der Waals surface area contributed by atoms with Gasteiger partial charge in [-0.1, -0.05) is 24.3 Å². The van der Waals surface area contributed by atoms with E-state index < -0.39 is 10.0 Å². The van der Waals surface area contributed by atoms with Crippen LogP contribution in [0.4, 0.5) is 0 Å². The van der Waals surface area contributed by atoms with E-state index in [2.05, 4.69) is 9.93 Å². The second-order valence-corrected chi connectivity index (χ2v) is 6.02. The summed E-state index contributed by atoms with van der Waals surface area (Å²) in [5.74, 6) is 0.535. The Morgan fingerprint density at radius 3 is 2.50 bits per heavy atom. The van der Waals surface area contributed by atoms with Crippen LogP contribution in [0.15, 0.2) is 64.9 Å². The minimum Gasteiger partial charge on any atom is -0.205 e. The van der Waals surface area contributed by atoms with Crippen LogP contribution in [-0.4, -0.2) is 14.3 Å². The van der Waals surface area contributed by atoms with Gasteiger partial charge in [0.15, 0.2) is 0 Å². The zero-order valence-electron chi connectivity index (χ0n) is 11.3. The third-order valence-corrected chi connectivity index (χ3v) is 3.93. The molecule has 0 unspecified atom stereocenters. The second kappa shape index (κ2) is 5.83. The first-order valence-electron chi connectivity index (χ1n) is 6.08. The summed E-state index contributed by atoms with van der Waals surface area (Å²) < 4.78 is 25.8. The molecule has 0 spiro atoms. The van der Waals surface area contributed by atoms with Crippen molar-refractivity contribution in [1.29, 1.82) is 0 Å². The lowest BCUT2D eigenvalue weighted by Crippen LogP contribution is -2.42. The number of nitrogens with zero attached hydrogens (tertiary/aromatic N) is 2. The number of aromatic nitrogens is 1. The van der Waals surface area contributed by atoms with E-state index in [0.717, 1.165) is 5.56 Å². The molecule has 0 radical (unpaired) electrons. The molecule has 5 nitrogen and oxygen atoms in total. The van der Waals surface area contributed by atoms with Crippen molar-refractivity contribution in [2.24, 2.45) is 5.10 Å². The lowest BCUT2D eigenvalue weighted by molar-refractivity contribution is -0.557. The maximum Gasteiger partial charge on any atom is 0.326 e. The number of hydrogen-bond donors (Lipinski definition) is 1. The van der Waals surface area contributed by atoms with Crippen molar-refractivity contribution in [3.8, 4) is 0 Å². The van der Waals surface area contributed by atoms with Gasteiger partial charge in [0.2, 0.25) is 0 Å². The molecule has 0 aliphatic rings. The Kier molecular flexibility index (Phi) is 4.14. The van der Waals surface area contributed by atoms with Crippen molar-refractivity contribution in [2.75, 3.05) is 0 Å². The average molecular weight is 290 g/mol. The predicted octanol–water partition coefficient (Wildman–Crippen LogP) is 1.44. The number of pyridine rings is 1. The summed E-state index contributed by atoms with van der Waals surface area (Å²) in [7, 11) is -3.62. The largest absolute Gasteiger partial charge is 0.326 e. The molecule has 1 N–H and O–H groups in total. The van der Waals surface area contributed by atoms with Crippen molar-refractivity contribution < 1.29 is 13.0 Å². The Bertz CT molecular complexity index is 725. The first-order valence-corrected chi connectivity index (χ1v) is 7.57. The molecule has 2 aromatic rings. The maximum atomic E-state index is 12.0. The monoisotopic (exact) mass is 290 g/mol. The number of hydrazone groups is 1. The summed E-state index contributed by atoms with van der Waals surface area (Å²) in [5, 5.41) is 3.93. The van der Waals surface area contributed by atoms with Crippen LogP contribution in [0.25, 0.3) is 0 Å². The number of aryl methyl sites for hydroxylation is 1. The molecule has 6 heteroatoms. The molecular weight excluding hydrogens is 274 g/mol. The molecule has 20 heavy (non-hydrogen) atoms. The summed E-state index contributed by atoms with van der Waals surface area (Å²) in [6.07, 6.45) is 3.68. The Balaban J connectivity index is 2.21. The lowest BCUT2D eigenvalue weighted by Gasteiger charge is -2.00. The zero-order chi connectivity index (χ0) is 14.6. The van der Waals surface area contributed by atoms with Crippen molar-refractivity contribution in [3.05, 3.63) is 60.4 Å². The van der Waals surface area contributed by atoms with E-state index in [0.29, 0.717) is 5.84 Å². The van der Waals surface area contributed by atoms with Gasteiger partial charge >= 0.3 is 5.84 Å². The number of hydrogen-bond acceptors (Lipinski definition) is 3. The summed E-state index contributed by atoms with van der Waals surface area (Å²) in [4.78, 5) is 2.42. The summed E-state index contributed by atoms with van der Waals surface area (Å²) >= 11 is 0. The molecule has 0 aliphatic heterocycles. The van der Waals surface area contributed by atoms with Gasteiger partial charge in [0.25, 0.3) is 10.0 Å². The summed E-state index contributed by atoms with van der Waals surface area (Å²) in [5.41, 5.74) is 1.06. The second-order valence-electron chi connectivity index (χ2n) is 4.36. The van der Waals surface area contributed by atoms with Crippen LogP contribution in [0.2, 0.25) is 0 Å². The van der Waals surface area contributed by atoms with Gasteiger partial charge in [0, 0.05) is 6.92 Å². The van der Waals surface area contributed by atoms with Gasteiger partial charge in [-0.25, -0.2) is 4.57 Å². The van der Waals surface area contributed by atoms with Crippen LogP contribution in [0.5, 0.6) is 0 Å². The molecule has 104 valence electrons. The molecular formula is C14H16N3O2S+. The van der Waals surface area contributed by atoms with Gasteiger partial charge in [-0.15, -0.1) is 4.83 Å². The fraction of sp³-hybridized carbons (Fsp3) is 0.143. The summed E-state index contributed by atoms with van der Waals surface area (Å²) in [6, 6.07) is 12.0. The molecule has 0 fully saturated rings. The molecule has 1 heterocycles. The highest BCUT2D eigenvalue weighted by Gasteiger charge is 2.16.